The van der Waals surface area contributed by atoms with Crippen LogP contribution in [-0.2, 0) is 6.18 Å². The third-order valence-corrected chi connectivity index (χ3v) is 9.79. The molecule has 3 fully saturated rings. The second-order valence-corrected chi connectivity index (χ2v) is 12.5. The van der Waals surface area contributed by atoms with E-state index in [2.05, 4.69) is 9.97 Å². The Morgan fingerprint density at radius 3 is 2.61 bits per heavy atom. The van der Waals surface area contributed by atoms with Crippen molar-refractivity contribution in [2.45, 2.75) is 43.3 Å². The molecular weight excluding hydrogens is 613 g/mol. The zero-order chi connectivity index (χ0) is 31.1. The van der Waals surface area contributed by atoms with E-state index in [1.165, 1.54) is 4.90 Å². The first-order valence-electron chi connectivity index (χ1n) is 13.8. The molecule has 2 aromatic heterocycles. The first-order chi connectivity index (χ1) is 20.9. The van der Waals surface area contributed by atoms with Gasteiger partial charge in [0.05, 0.1) is 34.5 Å². The van der Waals surface area contributed by atoms with Crippen molar-refractivity contribution in [3.05, 3.63) is 41.0 Å². The van der Waals surface area contributed by atoms with E-state index in [1.807, 2.05) is 4.90 Å². The molecule has 3 saturated heterocycles. The monoisotopic (exact) mass is 636 g/mol. The molecule has 7 rings (SSSR count). The number of rotatable bonds is 5. The summed E-state index contributed by atoms with van der Waals surface area (Å²) >= 11 is 0.665. The van der Waals surface area contributed by atoms with E-state index in [4.69, 9.17) is 10.5 Å². The lowest BCUT2D eigenvalue weighted by molar-refractivity contribution is -0.137. The predicted molar refractivity (Wildman–Crippen MR) is 150 cm³/mol. The fourth-order valence-corrected chi connectivity index (χ4v) is 7.69. The molecule has 0 aliphatic carbocycles. The summed E-state index contributed by atoms with van der Waals surface area (Å²) in [5, 5.41) is 8.98. The van der Waals surface area contributed by atoms with Gasteiger partial charge in [-0.15, -0.1) is 11.3 Å². The van der Waals surface area contributed by atoms with E-state index in [1.54, 1.807) is 6.07 Å². The second kappa shape index (κ2) is 10.1. The van der Waals surface area contributed by atoms with Crippen molar-refractivity contribution >= 4 is 43.1 Å². The number of thiophene rings is 1. The number of nitriles is 1. The molecule has 0 radical (unpaired) electrons. The molecule has 0 saturated carbocycles. The van der Waals surface area contributed by atoms with Crippen molar-refractivity contribution < 1.29 is 35.5 Å². The van der Waals surface area contributed by atoms with E-state index >= 15 is 4.39 Å². The third kappa shape index (κ3) is 4.41. The van der Waals surface area contributed by atoms with Gasteiger partial charge < -0.3 is 15.4 Å². The lowest BCUT2D eigenvalue weighted by Crippen LogP contribution is -2.49. The molecule has 0 unspecified atom stereocenters. The largest absolute Gasteiger partial charge is 0.461 e. The SMILES string of the molecule is N#Cc1c(N)sc2c(F)ccc(-c3c(C(F)(F)F)cc4c(N5CC(F)C5)nc(OC[C@@]56CCCN5C[C@H](F)C6)nc4c3F)c12. The van der Waals surface area contributed by atoms with Gasteiger partial charge in [0.15, 0.2) is 5.82 Å². The summed E-state index contributed by atoms with van der Waals surface area (Å²) in [6.07, 6.45) is -5.71. The van der Waals surface area contributed by atoms with Gasteiger partial charge in [0, 0.05) is 29.3 Å². The minimum atomic E-state index is -5.11. The highest BCUT2D eigenvalue weighted by atomic mass is 32.1. The van der Waals surface area contributed by atoms with Crippen LogP contribution in [0.2, 0.25) is 0 Å². The van der Waals surface area contributed by atoms with Crippen LogP contribution in [0.25, 0.3) is 32.1 Å². The fraction of sp³-hybridized carbons (Fsp3) is 0.414. The molecular formula is C29H23F7N6OS. The summed E-state index contributed by atoms with van der Waals surface area (Å²) < 4.78 is 109. The molecule has 5 heterocycles. The van der Waals surface area contributed by atoms with E-state index in [9.17, 15) is 31.6 Å². The lowest BCUT2D eigenvalue weighted by atomic mass is 9.92. The number of nitrogens with zero attached hydrogens (tertiary/aromatic N) is 5. The van der Waals surface area contributed by atoms with Crippen LogP contribution in [0.3, 0.4) is 0 Å². The van der Waals surface area contributed by atoms with Crippen LogP contribution in [0.15, 0.2) is 18.2 Å². The maximum atomic E-state index is 16.6. The van der Waals surface area contributed by atoms with Crippen LogP contribution in [-0.4, -0.2) is 65.5 Å². The van der Waals surface area contributed by atoms with Crippen molar-refractivity contribution in [2.24, 2.45) is 0 Å². The molecule has 44 heavy (non-hydrogen) atoms. The van der Waals surface area contributed by atoms with E-state index < -0.39 is 57.9 Å². The minimum Gasteiger partial charge on any atom is -0.461 e. The van der Waals surface area contributed by atoms with Gasteiger partial charge in [-0.2, -0.15) is 28.4 Å². The number of benzene rings is 2. The maximum Gasteiger partial charge on any atom is 0.417 e. The molecule has 2 aromatic carbocycles. The van der Waals surface area contributed by atoms with Crippen LogP contribution < -0.4 is 15.4 Å². The molecule has 2 N–H and O–H groups in total. The number of aromatic nitrogens is 2. The number of nitrogens with two attached hydrogens (primary N) is 1. The first-order valence-corrected chi connectivity index (χ1v) is 14.6. The molecule has 3 aliphatic heterocycles. The van der Waals surface area contributed by atoms with E-state index in [0.717, 1.165) is 18.6 Å². The smallest absolute Gasteiger partial charge is 0.417 e. The number of alkyl halides is 5. The number of hydrogen-bond acceptors (Lipinski definition) is 8. The zero-order valence-corrected chi connectivity index (χ0v) is 23.6. The summed E-state index contributed by atoms with van der Waals surface area (Å²) in [7, 11) is 0. The zero-order valence-electron chi connectivity index (χ0n) is 22.8. The van der Waals surface area contributed by atoms with Gasteiger partial charge in [-0.3, -0.25) is 4.90 Å². The van der Waals surface area contributed by atoms with Crippen LogP contribution >= 0.6 is 11.3 Å². The third-order valence-electron chi connectivity index (χ3n) is 8.76. The Morgan fingerprint density at radius 2 is 1.91 bits per heavy atom. The molecule has 230 valence electrons. The number of anilines is 2. The van der Waals surface area contributed by atoms with Crippen LogP contribution in [0.1, 0.15) is 30.4 Å². The van der Waals surface area contributed by atoms with Crippen LogP contribution in [0.5, 0.6) is 6.01 Å². The molecule has 7 nitrogen and oxygen atoms in total. The molecule has 15 heteroatoms. The summed E-state index contributed by atoms with van der Waals surface area (Å²) in [6.45, 7) is 0.533. The topological polar surface area (TPSA) is 91.3 Å². The van der Waals surface area contributed by atoms with Crippen molar-refractivity contribution in [1.29, 1.82) is 5.26 Å². The molecule has 0 bridgehead atoms. The van der Waals surface area contributed by atoms with Crippen LogP contribution in [0, 0.1) is 23.0 Å². The number of halogens is 7. The van der Waals surface area contributed by atoms with Crippen molar-refractivity contribution in [2.75, 3.05) is 43.4 Å². The lowest BCUT2D eigenvalue weighted by Gasteiger charge is -2.36. The van der Waals surface area contributed by atoms with Crippen molar-refractivity contribution in [3.8, 4) is 23.2 Å². The highest BCUT2D eigenvalue weighted by Crippen LogP contribution is 2.48. The van der Waals surface area contributed by atoms with E-state index in [-0.39, 0.29) is 70.5 Å². The quantitative estimate of drug-likeness (QED) is 0.255. The van der Waals surface area contributed by atoms with Gasteiger partial charge in [0.2, 0.25) is 0 Å². The first kappa shape index (κ1) is 28.8. The van der Waals surface area contributed by atoms with Gasteiger partial charge in [-0.1, -0.05) is 6.07 Å². The van der Waals surface area contributed by atoms with Gasteiger partial charge in [-0.25, -0.2) is 17.6 Å². The minimum absolute atomic E-state index is 0.0302. The molecule has 2 atom stereocenters. The number of fused-ring (bicyclic) bond motifs is 3. The second-order valence-electron chi connectivity index (χ2n) is 11.5. The summed E-state index contributed by atoms with van der Waals surface area (Å²) in [5.74, 6) is -2.39. The summed E-state index contributed by atoms with van der Waals surface area (Å²) in [4.78, 5) is 11.8. The molecule has 3 aliphatic rings. The van der Waals surface area contributed by atoms with Crippen LogP contribution in [0.4, 0.5) is 41.6 Å². The number of hydrogen-bond donors (Lipinski definition) is 1. The molecule has 0 amide bonds. The Labute approximate surface area is 249 Å². The molecule has 0 spiro atoms. The Balaban J connectivity index is 1.44. The fourth-order valence-electron chi connectivity index (χ4n) is 6.74. The Hall–Kier alpha value is -3.90. The van der Waals surface area contributed by atoms with Crippen molar-refractivity contribution in [1.82, 2.24) is 14.9 Å². The van der Waals surface area contributed by atoms with E-state index in [0.29, 0.717) is 30.4 Å². The standard InChI is InChI=1S/C29H23F7N6OS/c30-13-7-28(4-1-5-42(28)11-13)12-43-27-39-23-16(26(40-27)41-9-14(31)10-41)6-18(29(34,35)36)21(22(23)33)15-2-3-19(32)24-20(15)17(8-37)25(38)44-24/h2-3,6,13-14H,1,4-5,7,9-12,38H2/t13-,28+/m1/s1. The summed E-state index contributed by atoms with van der Waals surface area (Å²) in [6, 6.07) is 3.95. The normalized spacial score (nSPS) is 22.5. The highest BCUT2D eigenvalue weighted by molar-refractivity contribution is 7.23. The van der Waals surface area contributed by atoms with Gasteiger partial charge in [-0.05, 0) is 37.1 Å². The average molecular weight is 637 g/mol. The Bertz CT molecular complexity index is 1870. The van der Waals surface area contributed by atoms with Crippen molar-refractivity contribution in [3.63, 3.8) is 0 Å². The van der Waals surface area contributed by atoms with Gasteiger partial charge in [0.1, 0.15) is 47.2 Å². The predicted octanol–water partition coefficient (Wildman–Crippen LogP) is 6.38. The number of ether oxygens (including phenoxy) is 1. The highest BCUT2D eigenvalue weighted by Gasteiger charge is 2.49. The maximum absolute atomic E-state index is 16.6. The Kier molecular flexibility index (Phi) is 6.60. The van der Waals surface area contributed by atoms with Gasteiger partial charge >= 0.3 is 12.2 Å². The Morgan fingerprint density at radius 1 is 1.14 bits per heavy atom. The molecule has 4 aromatic rings. The van der Waals surface area contributed by atoms with Gasteiger partial charge in [0.25, 0.3) is 0 Å². The number of nitrogen functional groups attached to an aromatic ring is 1. The summed E-state index contributed by atoms with van der Waals surface area (Å²) in [5.41, 5.74) is 1.68. The average Bonchev–Trinajstić information content (AvgIpc) is 3.59.